The first-order valence-corrected chi connectivity index (χ1v) is 8.95. The molecule has 108 valence electrons. The predicted molar refractivity (Wildman–Crippen MR) is 74.4 cm³/mol. The smallest absolute Gasteiger partial charge is 0.306 e. The van der Waals surface area contributed by atoms with Gasteiger partial charge in [-0.2, -0.15) is 0 Å². The minimum atomic E-state index is -2.62. The van der Waals surface area contributed by atoms with E-state index in [1.54, 1.807) is 0 Å². The van der Waals surface area contributed by atoms with Crippen LogP contribution in [0.15, 0.2) is 0 Å². The average molecular weight is 278 g/mol. The third-order valence-corrected chi connectivity index (χ3v) is 5.25. The van der Waals surface area contributed by atoms with Gasteiger partial charge in [0, 0.05) is 12.3 Å². The monoisotopic (exact) mass is 278 g/mol. The molecule has 0 aromatic carbocycles. The highest BCUT2D eigenvalue weighted by Crippen LogP contribution is 2.47. The van der Waals surface area contributed by atoms with Crippen molar-refractivity contribution < 1.29 is 18.6 Å². The van der Waals surface area contributed by atoms with Crippen molar-refractivity contribution in [2.24, 2.45) is 0 Å². The predicted octanol–water partition coefficient (Wildman–Crippen LogP) is 3.83. The van der Waals surface area contributed by atoms with Crippen LogP contribution in [0, 0.1) is 0 Å². The number of hydrogen-bond donors (Lipinski definition) is 0. The van der Waals surface area contributed by atoms with Gasteiger partial charge in [-0.15, -0.1) is 0 Å². The normalized spacial score (nSPS) is 14.2. The SMILES string of the molecule is CCCCOC(=O)CCP(=O)(CC)OCCCC. The highest BCUT2D eigenvalue weighted by Gasteiger charge is 2.22. The minimum absolute atomic E-state index is 0.195. The zero-order chi connectivity index (χ0) is 13.9. The van der Waals surface area contributed by atoms with Crippen molar-refractivity contribution in [3.8, 4) is 0 Å². The van der Waals surface area contributed by atoms with Gasteiger partial charge in [0.25, 0.3) is 0 Å². The van der Waals surface area contributed by atoms with E-state index >= 15 is 0 Å². The Balaban J connectivity index is 3.90. The number of carbonyl (C=O) groups is 1. The minimum Gasteiger partial charge on any atom is -0.466 e. The topological polar surface area (TPSA) is 52.6 Å². The number of unbranched alkanes of at least 4 members (excludes halogenated alkanes) is 2. The highest BCUT2D eigenvalue weighted by molar-refractivity contribution is 7.58. The van der Waals surface area contributed by atoms with E-state index in [1.807, 2.05) is 13.8 Å². The van der Waals surface area contributed by atoms with E-state index in [4.69, 9.17) is 9.26 Å². The van der Waals surface area contributed by atoms with Crippen molar-refractivity contribution >= 4 is 13.3 Å². The first-order valence-electron chi connectivity index (χ1n) is 6.96. The zero-order valence-electron chi connectivity index (χ0n) is 11.9. The number of rotatable bonds is 11. The van der Waals surface area contributed by atoms with E-state index < -0.39 is 7.37 Å². The summed E-state index contributed by atoms with van der Waals surface area (Å²) < 4.78 is 22.7. The summed E-state index contributed by atoms with van der Waals surface area (Å²) in [6, 6.07) is 0. The molecule has 0 N–H and O–H groups in total. The third-order valence-electron chi connectivity index (χ3n) is 2.72. The maximum absolute atomic E-state index is 12.3. The van der Waals surface area contributed by atoms with Crippen molar-refractivity contribution in [1.82, 2.24) is 0 Å². The second kappa shape index (κ2) is 10.6. The van der Waals surface area contributed by atoms with Crippen LogP contribution in [0.1, 0.15) is 52.9 Å². The largest absolute Gasteiger partial charge is 0.466 e. The molecule has 5 heteroatoms. The van der Waals surface area contributed by atoms with E-state index in [0.717, 1.165) is 25.7 Å². The lowest BCUT2D eigenvalue weighted by Crippen LogP contribution is -2.09. The Kier molecular flexibility index (Phi) is 10.4. The molecule has 0 fully saturated rings. The van der Waals surface area contributed by atoms with Crippen LogP contribution >= 0.6 is 7.37 Å². The van der Waals surface area contributed by atoms with Gasteiger partial charge in [-0.1, -0.05) is 33.6 Å². The summed E-state index contributed by atoms with van der Waals surface area (Å²) in [5, 5.41) is 0. The maximum atomic E-state index is 12.3. The number of carbonyl (C=O) groups excluding carboxylic acids is 1. The fourth-order valence-corrected chi connectivity index (χ4v) is 2.97. The molecule has 0 bridgehead atoms. The lowest BCUT2D eigenvalue weighted by atomic mass is 10.4. The Hall–Kier alpha value is -0.340. The van der Waals surface area contributed by atoms with Crippen LogP contribution in [0.3, 0.4) is 0 Å². The lowest BCUT2D eigenvalue weighted by molar-refractivity contribution is -0.143. The fourth-order valence-electron chi connectivity index (χ4n) is 1.35. The summed E-state index contributed by atoms with van der Waals surface area (Å²) in [5.41, 5.74) is 0. The summed E-state index contributed by atoms with van der Waals surface area (Å²) in [6.07, 6.45) is 4.79. The zero-order valence-corrected chi connectivity index (χ0v) is 12.8. The molecule has 1 atom stereocenters. The summed E-state index contributed by atoms with van der Waals surface area (Å²) >= 11 is 0. The van der Waals surface area contributed by atoms with Gasteiger partial charge in [-0.3, -0.25) is 9.36 Å². The molecule has 0 heterocycles. The third kappa shape index (κ3) is 8.71. The highest BCUT2D eigenvalue weighted by atomic mass is 31.2. The molecule has 0 saturated heterocycles. The van der Waals surface area contributed by atoms with E-state index in [2.05, 4.69) is 6.92 Å². The molecule has 0 aliphatic rings. The summed E-state index contributed by atoms with van der Waals surface area (Å²) in [7, 11) is -2.62. The van der Waals surface area contributed by atoms with Crippen LogP contribution in [0.25, 0.3) is 0 Å². The van der Waals surface area contributed by atoms with Crippen LogP contribution < -0.4 is 0 Å². The van der Waals surface area contributed by atoms with Gasteiger partial charge in [-0.25, -0.2) is 0 Å². The Bertz CT molecular complexity index is 266. The standard InChI is InChI=1S/C13H27O4P/c1-4-7-10-16-13(14)9-12-18(15,6-3)17-11-8-5-2/h4-12H2,1-3H3. The molecule has 0 radical (unpaired) electrons. The van der Waals surface area contributed by atoms with Gasteiger partial charge in [0.05, 0.1) is 19.6 Å². The molecule has 0 aliphatic carbocycles. The molecule has 0 saturated carbocycles. The Morgan fingerprint density at radius 3 is 2.22 bits per heavy atom. The summed E-state index contributed by atoms with van der Waals surface area (Å²) in [4.78, 5) is 11.4. The van der Waals surface area contributed by atoms with Crippen molar-refractivity contribution in [3.63, 3.8) is 0 Å². The summed E-state index contributed by atoms with van der Waals surface area (Å²) in [5.74, 6) is -0.267. The van der Waals surface area contributed by atoms with Crippen LogP contribution in [0.2, 0.25) is 0 Å². The van der Waals surface area contributed by atoms with Gasteiger partial charge in [-0.05, 0) is 12.8 Å². The van der Waals surface area contributed by atoms with E-state index in [0.29, 0.717) is 25.5 Å². The quantitative estimate of drug-likeness (QED) is 0.327. The molecule has 0 aromatic rings. The van der Waals surface area contributed by atoms with Gasteiger partial charge in [0.2, 0.25) is 7.37 Å². The van der Waals surface area contributed by atoms with Crippen LogP contribution in [0.5, 0.6) is 0 Å². The first-order chi connectivity index (χ1) is 8.58. The van der Waals surface area contributed by atoms with Gasteiger partial charge >= 0.3 is 5.97 Å². The average Bonchev–Trinajstić information content (AvgIpc) is 2.37. The van der Waals surface area contributed by atoms with Crippen molar-refractivity contribution in [2.75, 3.05) is 25.5 Å². The molecule has 0 rings (SSSR count). The molecule has 0 amide bonds. The Morgan fingerprint density at radius 1 is 1.06 bits per heavy atom. The van der Waals surface area contributed by atoms with E-state index in [1.165, 1.54) is 0 Å². The molecule has 0 aromatic heterocycles. The number of esters is 1. The van der Waals surface area contributed by atoms with Crippen molar-refractivity contribution in [3.05, 3.63) is 0 Å². The Labute approximate surface area is 111 Å². The van der Waals surface area contributed by atoms with Gasteiger partial charge in [0.1, 0.15) is 0 Å². The number of ether oxygens (including phenoxy) is 1. The molecule has 0 spiro atoms. The molecular formula is C13H27O4P. The first kappa shape index (κ1) is 17.7. The maximum Gasteiger partial charge on any atom is 0.306 e. The summed E-state index contributed by atoms with van der Waals surface area (Å²) in [6.45, 7) is 6.93. The molecule has 18 heavy (non-hydrogen) atoms. The molecule has 0 aliphatic heterocycles. The lowest BCUT2D eigenvalue weighted by Gasteiger charge is -2.16. The second-order valence-corrected chi connectivity index (χ2v) is 7.33. The molecular weight excluding hydrogens is 251 g/mol. The van der Waals surface area contributed by atoms with Crippen LogP contribution in [-0.2, 0) is 18.6 Å². The fraction of sp³-hybridized carbons (Fsp3) is 0.923. The van der Waals surface area contributed by atoms with E-state index in [-0.39, 0.29) is 12.4 Å². The molecule has 4 nitrogen and oxygen atoms in total. The number of hydrogen-bond acceptors (Lipinski definition) is 4. The van der Waals surface area contributed by atoms with Crippen LogP contribution in [0.4, 0.5) is 0 Å². The van der Waals surface area contributed by atoms with Crippen LogP contribution in [-0.4, -0.2) is 31.5 Å². The van der Waals surface area contributed by atoms with E-state index in [9.17, 15) is 9.36 Å². The van der Waals surface area contributed by atoms with Gasteiger partial charge < -0.3 is 9.26 Å². The van der Waals surface area contributed by atoms with Crippen molar-refractivity contribution in [2.45, 2.75) is 52.9 Å². The van der Waals surface area contributed by atoms with Crippen molar-refractivity contribution in [1.29, 1.82) is 0 Å². The second-order valence-electron chi connectivity index (χ2n) is 4.37. The van der Waals surface area contributed by atoms with Gasteiger partial charge in [0.15, 0.2) is 0 Å². The Morgan fingerprint density at radius 2 is 1.67 bits per heavy atom. The molecule has 1 unspecified atom stereocenters.